The SMILES string of the molecule is C=CCn1cnc(-c2cc(F)c(F)c(F)c2)c1N. The predicted molar refractivity (Wildman–Crippen MR) is 62.1 cm³/mol. The first-order chi connectivity index (χ1) is 8.54. The van der Waals surface area contributed by atoms with Gasteiger partial charge in [-0.05, 0) is 12.1 Å². The van der Waals surface area contributed by atoms with Crippen molar-refractivity contribution in [2.75, 3.05) is 5.73 Å². The van der Waals surface area contributed by atoms with Crippen molar-refractivity contribution in [3.05, 3.63) is 48.6 Å². The zero-order chi connectivity index (χ0) is 13.3. The number of nitrogens with zero attached hydrogens (tertiary/aromatic N) is 2. The molecule has 0 spiro atoms. The van der Waals surface area contributed by atoms with Gasteiger partial charge >= 0.3 is 0 Å². The highest BCUT2D eigenvalue weighted by atomic mass is 19.2. The molecule has 0 aliphatic carbocycles. The van der Waals surface area contributed by atoms with E-state index in [1.165, 1.54) is 6.33 Å². The van der Waals surface area contributed by atoms with Gasteiger partial charge in [-0.15, -0.1) is 6.58 Å². The molecule has 0 amide bonds. The van der Waals surface area contributed by atoms with Crippen LogP contribution in [-0.2, 0) is 6.54 Å². The average Bonchev–Trinajstić information content (AvgIpc) is 2.68. The van der Waals surface area contributed by atoms with Crippen molar-refractivity contribution in [1.82, 2.24) is 9.55 Å². The fraction of sp³-hybridized carbons (Fsp3) is 0.0833. The van der Waals surface area contributed by atoms with E-state index in [4.69, 9.17) is 5.73 Å². The van der Waals surface area contributed by atoms with E-state index in [-0.39, 0.29) is 17.1 Å². The highest BCUT2D eigenvalue weighted by Gasteiger charge is 2.15. The molecule has 0 fully saturated rings. The number of hydrogen-bond donors (Lipinski definition) is 1. The van der Waals surface area contributed by atoms with Crippen LogP contribution in [0.3, 0.4) is 0 Å². The van der Waals surface area contributed by atoms with E-state index in [9.17, 15) is 13.2 Å². The maximum Gasteiger partial charge on any atom is 0.194 e. The standard InChI is InChI=1S/C12H10F3N3/c1-2-3-18-6-17-11(12(18)16)7-4-8(13)10(15)9(14)5-7/h2,4-6H,1,3,16H2. The van der Waals surface area contributed by atoms with E-state index in [1.54, 1.807) is 10.6 Å². The summed E-state index contributed by atoms with van der Waals surface area (Å²) >= 11 is 0. The van der Waals surface area contributed by atoms with E-state index in [0.717, 1.165) is 12.1 Å². The Bertz CT molecular complexity index is 582. The molecule has 0 saturated heterocycles. The van der Waals surface area contributed by atoms with E-state index in [1.807, 2.05) is 0 Å². The predicted octanol–water partition coefficient (Wildman–Crippen LogP) is 2.74. The number of aromatic nitrogens is 2. The van der Waals surface area contributed by atoms with Gasteiger partial charge in [0.25, 0.3) is 0 Å². The first-order valence-electron chi connectivity index (χ1n) is 5.11. The molecule has 6 heteroatoms. The van der Waals surface area contributed by atoms with E-state index in [2.05, 4.69) is 11.6 Å². The first-order valence-corrected chi connectivity index (χ1v) is 5.11. The Morgan fingerprint density at radius 3 is 2.44 bits per heavy atom. The first kappa shape index (κ1) is 12.2. The highest BCUT2D eigenvalue weighted by molar-refractivity contribution is 5.70. The summed E-state index contributed by atoms with van der Waals surface area (Å²) in [7, 11) is 0. The maximum absolute atomic E-state index is 13.1. The molecule has 0 saturated carbocycles. The molecule has 1 aromatic carbocycles. The zero-order valence-corrected chi connectivity index (χ0v) is 9.33. The molecule has 2 aromatic rings. The van der Waals surface area contributed by atoms with Gasteiger partial charge in [-0.25, -0.2) is 18.2 Å². The lowest BCUT2D eigenvalue weighted by molar-refractivity contribution is 0.447. The molecule has 0 unspecified atom stereocenters. The van der Waals surface area contributed by atoms with E-state index < -0.39 is 17.5 Å². The second-order valence-electron chi connectivity index (χ2n) is 3.67. The minimum Gasteiger partial charge on any atom is -0.383 e. The molecule has 94 valence electrons. The number of imidazole rings is 1. The summed E-state index contributed by atoms with van der Waals surface area (Å²) in [5.74, 6) is -3.83. The van der Waals surface area contributed by atoms with Gasteiger partial charge in [0, 0.05) is 12.1 Å². The van der Waals surface area contributed by atoms with Gasteiger partial charge < -0.3 is 10.3 Å². The molecule has 1 aromatic heterocycles. The topological polar surface area (TPSA) is 43.8 Å². The molecular formula is C12H10F3N3. The third-order valence-electron chi connectivity index (χ3n) is 2.46. The van der Waals surface area contributed by atoms with Crippen molar-refractivity contribution in [2.24, 2.45) is 0 Å². The minimum atomic E-state index is -1.51. The molecule has 18 heavy (non-hydrogen) atoms. The average molecular weight is 253 g/mol. The van der Waals surface area contributed by atoms with Crippen LogP contribution >= 0.6 is 0 Å². The van der Waals surface area contributed by atoms with Crippen LogP contribution in [0.4, 0.5) is 19.0 Å². The Morgan fingerprint density at radius 2 is 1.89 bits per heavy atom. The smallest absolute Gasteiger partial charge is 0.194 e. The van der Waals surface area contributed by atoms with Gasteiger partial charge in [0.2, 0.25) is 0 Å². The molecule has 0 aliphatic rings. The van der Waals surface area contributed by atoms with Crippen molar-refractivity contribution in [1.29, 1.82) is 0 Å². The van der Waals surface area contributed by atoms with Gasteiger partial charge in [0.15, 0.2) is 17.5 Å². The molecule has 3 nitrogen and oxygen atoms in total. The summed E-state index contributed by atoms with van der Waals surface area (Å²) < 4.78 is 40.6. The van der Waals surface area contributed by atoms with E-state index >= 15 is 0 Å². The van der Waals surface area contributed by atoms with Crippen LogP contribution < -0.4 is 5.73 Å². The Labute approximate surface area is 101 Å². The van der Waals surface area contributed by atoms with Crippen molar-refractivity contribution >= 4 is 5.82 Å². The molecular weight excluding hydrogens is 243 g/mol. The van der Waals surface area contributed by atoms with Crippen LogP contribution in [0.2, 0.25) is 0 Å². The van der Waals surface area contributed by atoms with Gasteiger partial charge in [-0.3, -0.25) is 0 Å². The molecule has 0 atom stereocenters. The lowest BCUT2D eigenvalue weighted by Gasteiger charge is -2.04. The van der Waals surface area contributed by atoms with Crippen molar-refractivity contribution in [3.8, 4) is 11.3 Å². The lowest BCUT2D eigenvalue weighted by Crippen LogP contribution is -2.00. The fourth-order valence-electron chi connectivity index (χ4n) is 1.59. The number of anilines is 1. The largest absolute Gasteiger partial charge is 0.383 e. The molecule has 0 aliphatic heterocycles. The van der Waals surface area contributed by atoms with Gasteiger partial charge in [-0.1, -0.05) is 6.08 Å². The minimum absolute atomic E-state index is 0.0895. The summed E-state index contributed by atoms with van der Waals surface area (Å²) in [6.07, 6.45) is 3.03. The number of rotatable bonds is 3. The number of hydrogen-bond acceptors (Lipinski definition) is 2. The molecule has 0 bridgehead atoms. The Hall–Kier alpha value is -2.24. The molecule has 1 heterocycles. The van der Waals surface area contributed by atoms with Gasteiger partial charge in [0.1, 0.15) is 11.5 Å². The monoisotopic (exact) mass is 253 g/mol. The van der Waals surface area contributed by atoms with Crippen LogP contribution in [0.25, 0.3) is 11.3 Å². The summed E-state index contributed by atoms with van der Waals surface area (Å²) in [6.45, 7) is 3.97. The second-order valence-corrected chi connectivity index (χ2v) is 3.67. The third kappa shape index (κ3) is 1.97. The number of halogens is 3. The number of nitrogen functional groups attached to an aromatic ring is 1. The summed E-state index contributed by atoms with van der Waals surface area (Å²) in [4.78, 5) is 3.95. The van der Waals surface area contributed by atoms with E-state index in [0.29, 0.717) is 6.54 Å². The molecule has 2 N–H and O–H groups in total. The van der Waals surface area contributed by atoms with Gasteiger partial charge in [-0.2, -0.15) is 0 Å². The van der Waals surface area contributed by atoms with Crippen LogP contribution in [-0.4, -0.2) is 9.55 Å². The number of allylic oxidation sites excluding steroid dienone is 1. The Kier molecular flexibility index (Phi) is 3.10. The van der Waals surface area contributed by atoms with Crippen molar-refractivity contribution in [2.45, 2.75) is 6.54 Å². The van der Waals surface area contributed by atoms with Crippen LogP contribution in [0.1, 0.15) is 0 Å². The Balaban J connectivity index is 2.52. The zero-order valence-electron chi connectivity index (χ0n) is 9.33. The highest BCUT2D eigenvalue weighted by Crippen LogP contribution is 2.27. The quantitative estimate of drug-likeness (QED) is 0.675. The molecule has 2 rings (SSSR count). The maximum atomic E-state index is 13.1. The van der Waals surface area contributed by atoms with Crippen molar-refractivity contribution < 1.29 is 13.2 Å². The number of nitrogens with two attached hydrogens (primary N) is 1. The van der Waals surface area contributed by atoms with Gasteiger partial charge in [0.05, 0.1) is 6.33 Å². The van der Waals surface area contributed by atoms with Crippen LogP contribution in [0, 0.1) is 17.5 Å². The Morgan fingerprint density at radius 1 is 1.28 bits per heavy atom. The summed E-state index contributed by atoms with van der Waals surface area (Å²) in [5.41, 5.74) is 6.07. The summed E-state index contributed by atoms with van der Waals surface area (Å²) in [6, 6.07) is 1.71. The van der Waals surface area contributed by atoms with Crippen molar-refractivity contribution in [3.63, 3.8) is 0 Å². The third-order valence-corrected chi connectivity index (χ3v) is 2.46. The summed E-state index contributed by atoms with van der Waals surface area (Å²) in [5, 5.41) is 0. The number of benzene rings is 1. The fourth-order valence-corrected chi connectivity index (χ4v) is 1.59. The van der Waals surface area contributed by atoms with Crippen LogP contribution in [0.5, 0.6) is 0 Å². The second kappa shape index (κ2) is 4.56. The van der Waals surface area contributed by atoms with Crippen LogP contribution in [0.15, 0.2) is 31.1 Å². The molecule has 0 radical (unpaired) electrons. The lowest BCUT2D eigenvalue weighted by atomic mass is 10.1. The normalized spacial score (nSPS) is 10.6.